The Balaban J connectivity index is 1.45. The van der Waals surface area contributed by atoms with E-state index in [0.29, 0.717) is 30.6 Å². The average molecular weight is 352 g/mol. The van der Waals surface area contributed by atoms with E-state index in [1.807, 2.05) is 32.2 Å². The molecule has 1 aliphatic heterocycles. The molecule has 1 aliphatic rings. The standard InChI is InChI=1S/C18H20N6O2/c1-3-24-9-7-15(22-24)18(25)23-8-6-14(11-23)17-21-20-16(26-17)13-5-4-12(2)19-10-13/h4-5,7,9-10,14H,3,6,8,11H2,1-2H3. The first-order valence-corrected chi connectivity index (χ1v) is 8.73. The maximum atomic E-state index is 12.6. The van der Waals surface area contributed by atoms with E-state index in [1.165, 1.54) is 0 Å². The molecule has 4 rings (SSSR count). The van der Waals surface area contributed by atoms with Crippen LogP contribution < -0.4 is 0 Å². The van der Waals surface area contributed by atoms with Crippen LogP contribution in [-0.2, 0) is 6.54 Å². The Kier molecular flexibility index (Phi) is 4.24. The van der Waals surface area contributed by atoms with Crippen LogP contribution in [0.3, 0.4) is 0 Å². The average Bonchev–Trinajstić information content (AvgIpc) is 3.40. The van der Waals surface area contributed by atoms with E-state index in [1.54, 1.807) is 21.8 Å². The SMILES string of the molecule is CCn1ccc(C(=O)N2CCC(c3nnc(-c4ccc(C)nc4)o3)C2)n1. The van der Waals surface area contributed by atoms with Crippen LogP contribution in [0.1, 0.15) is 41.3 Å². The van der Waals surface area contributed by atoms with Crippen molar-refractivity contribution in [3.05, 3.63) is 47.9 Å². The molecule has 0 spiro atoms. The molecule has 3 aromatic heterocycles. The van der Waals surface area contributed by atoms with Crippen molar-refractivity contribution in [1.29, 1.82) is 0 Å². The quantitative estimate of drug-likeness (QED) is 0.715. The zero-order valence-electron chi connectivity index (χ0n) is 14.8. The van der Waals surface area contributed by atoms with Gasteiger partial charge in [0.2, 0.25) is 11.8 Å². The Hall–Kier alpha value is -3.03. The smallest absolute Gasteiger partial charge is 0.274 e. The Bertz CT molecular complexity index is 914. The molecule has 0 radical (unpaired) electrons. The molecule has 1 amide bonds. The van der Waals surface area contributed by atoms with Gasteiger partial charge in [-0.25, -0.2) is 0 Å². The van der Waals surface area contributed by atoms with Crippen LogP contribution in [0, 0.1) is 6.92 Å². The number of carbonyl (C=O) groups is 1. The molecule has 26 heavy (non-hydrogen) atoms. The summed E-state index contributed by atoms with van der Waals surface area (Å²) in [7, 11) is 0. The van der Waals surface area contributed by atoms with Gasteiger partial charge in [-0.3, -0.25) is 14.5 Å². The van der Waals surface area contributed by atoms with Crippen LogP contribution in [0.15, 0.2) is 35.0 Å². The lowest BCUT2D eigenvalue weighted by Gasteiger charge is -2.14. The third kappa shape index (κ3) is 3.10. The molecule has 0 bridgehead atoms. The van der Waals surface area contributed by atoms with Crippen LogP contribution in [0.2, 0.25) is 0 Å². The summed E-state index contributed by atoms with van der Waals surface area (Å²) in [5.74, 6) is 1.02. The van der Waals surface area contributed by atoms with Crippen molar-refractivity contribution in [3.8, 4) is 11.5 Å². The molecule has 0 aromatic carbocycles. The molecule has 3 aromatic rings. The van der Waals surface area contributed by atoms with Crippen molar-refractivity contribution < 1.29 is 9.21 Å². The summed E-state index contributed by atoms with van der Waals surface area (Å²) in [6, 6.07) is 5.58. The molecule has 8 heteroatoms. The molecule has 1 unspecified atom stereocenters. The van der Waals surface area contributed by atoms with Crippen molar-refractivity contribution >= 4 is 5.91 Å². The fraction of sp³-hybridized carbons (Fsp3) is 0.389. The Morgan fingerprint density at radius 3 is 2.92 bits per heavy atom. The van der Waals surface area contributed by atoms with E-state index < -0.39 is 0 Å². The number of likely N-dealkylation sites (tertiary alicyclic amines) is 1. The largest absolute Gasteiger partial charge is 0.420 e. The van der Waals surface area contributed by atoms with Crippen molar-refractivity contribution in [1.82, 2.24) is 29.9 Å². The molecule has 0 N–H and O–H groups in total. The maximum absolute atomic E-state index is 12.6. The predicted octanol–water partition coefficient (Wildman–Crippen LogP) is 2.29. The minimum atomic E-state index is -0.0535. The van der Waals surface area contributed by atoms with Gasteiger partial charge in [-0.05, 0) is 38.5 Å². The molecule has 4 heterocycles. The van der Waals surface area contributed by atoms with Crippen LogP contribution in [0.5, 0.6) is 0 Å². The first kappa shape index (κ1) is 16.4. The Morgan fingerprint density at radius 2 is 2.19 bits per heavy atom. The van der Waals surface area contributed by atoms with Gasteiger partial charge in [-0.1, -0.05) is 0 Å². The molecule has 8 nitrogen and oxygen atoms in total. The van der Waals surface area contributed by atoms with E-state index in [9.17, 15) is 4.79 Å². The number of aromatic nitrogens is 5. The lowest BCUT2D eigenvalue weighted by molar-refractivity contribution is 0.0783. The fourth-order valence-corrected chi connectivity index (χ4v) is 3.07. The van der Waals surface area contributed by atoms with Gasteiger partial charge in [0.05, 0.1) is 11.5 Å². The third-order valence-corrected chi connectivity index (χ3v) is 4.61. The number of aryl methyl sites for hydroxylation is 2. The van der Waals surface area contributed by atoms with Crippen molar-refractivity contribution in [2.75, 3.05) is 13.1 Å². The third-order valence-electron chi connectivity index (χ3n) is 4.61. The molecule has 1 atom stereocenters. The summed E-state index contributed by atoms with van der Waals surface area (Å²) >= 11 is 0. The second-order valence-corrected chi connectivity index (χ2v) is 6.43. The molecule has 134 valence electrons. The van der Waals surface area contributed by atoms with Crippen LogP contribution in [-0.4, -0.2) is 48.9 Å². The molecule has 1 fully saturated rings. The van der Waals surface area contributed by atoms with E-state index >= 15 is 0 Å². The van der Waals surface area contributed by atoms with Gasteiger partial charge in [-0.15, -0.1) is 10.2 Å². The summed E-state index contributed by atoms with van der Waals surface area (Å²) in [5, 5.41) is 12.6. The van der Waals surface area contributed by atoms with Gasteiger partial charge in [-0.2, -0.15) is 5.10 Å². The first-order valence-electron chi connectivity index (χ1n) is 8.73. The summed E-state index contributed by atoms with van der Waals surface area (Å²) in [5.41, 5.74) is 2.21. The second-order valence-electron chi connectivity index (χ2n) is 6.43. The molecule has 1 saturated heterocycles. The van der Waals surface area contributed by atoms with Crippen molar-refractivity contribution in [2.45, 2.75) is 32.7 Å². The van der Waals surface area contributed by atoms with Gasteiger partial charge < -0.3 is 9.32 Å². The highest BCUT2D eigenvalue weighted by Crippen LogP contribution is 2.29. The summed E-state index contributed by atoms with van der Waals surface area (Å²) in [6.07, 6.45) is 4.34. The van der Waals surface area contributed by atoms with E-state index in [4.69, 9.17) is 4.42 Å². The van der Waals surface area contributed by atoms with E-state index in [0.717, 1.165) is 24.2 Å². The number of rotatable bonds is 4. The van der Waals surface area contributed by atoms with Gasteiger partial charge in [0.1, 0.15) is 5.69 Å². The Morgan fingerprint density at radius 1 is 1.31 bits per heavy atom. The monoisotopic (exact) mass is 352 g/mol. The summed E-state index contributed by atoms with van der Waals surface area (Å²) < 4.78 is 7.58. The number of hydrogen-bond acceptors (Lipinski definition) is 6. The van der Waals surface area contributed by atoms with Crippen LogP contribution in [0.25, 0.3) is 11.5 Å². The van der Waals surface area contributed by atoms with Gasteiger partial charge in [0.25, 0.3) is 5.91 Å². The minimum Gasteiger partial charge on any atom is -0.420 e. The highest BCUT2D eigenvalue weighted by Gasteiger charge is 2.32. The van der Waals surface area contributed by atoms with Gasteiger partial charge >= 0.3 is 0 Å². The summed E-state index contributed by atoms with van der Waals surface area (Å²) in [6.45, 7) is 5.88. The maximum Gasteiger partial charge on any atom is 0.274 e. The molecule has 0 saturated carbocycles. The normalized spacial score (nSPS) is 17.0. The van der Waals surface area contributed by atoms with E-state index in [2.05, 4.69) is 20.3 Å². The van der Waals surface area contributed by atoms with Crippen LogP contribution in [0.4, 0.5) is 0 Å². The van der Waals surface area contributed by atoms with Gasteiger partial charge in [0, 0.05) is 37.7 Å². The Labute approximate surface area is 150 Å². The number of nitrogens with zero attached hydrogens (tertiary/aromatic N) is 6. The molecular weight excluding hydrogens is 332 g/mol. The zero-order valence-corrected chi connectivity index (χ0v) is 14.8. The number of pyridine rings is 1. The topological polar surface area (TPSA) is 89.9 Å². The lowest BCUT2D eigenvalue weighted by Crippen LogP contribution is -2.29. The number of carbonyl (C=O) groups excluding carboxylic acids is 1. The first-order chi connectivity index (χ1) is 12.6. The molecular formula is C18H20N6O2. The molecule has 0 aliphatic carbocycles. The minimum absolute atomic E-state index is 0.0480. The zero-order chi connectivity index (χ0) is 18.1. The number of hydrogen-bond donors (Lipinski definition) is 0. The van der Waals surface area contributed by atoms with Crippen molar-refractivity contribution in [3.63, 3.8) is 0 Å². The van der Waals surface area contributed by atoms with E-state index in [-0.39, 0.29) is 11.8 Å². The van der Waals surface area contributed by atoms with Gasteiger partial charge in [0.15, 0.2) is 0 Å². The summed E-state index contributed by atoms with van der Waals surface area (Å²) in [4.78, 5) is 18.6. The lowest BCUT2D eigenvalue weighted by atomic mass is 10.1. The van der Waals surface area contributed by atoms with Crippen LogP contribution >= 0.6 is 0 Å². The predicted molar refractivity (Wildman–Crippen MR) is 93.4 cm³/mol. The second kappa shape index (κ2) is 6.70. The number of amides is 1. The highest BCUT2D eigenvalue weighted by atomic mass is 16.4. The fourth-order valence-electron chi connectivity index (χ4n) is 3.07. The van der Waals surface area contributed by atoms with Crippen molar-refractivity contribution in [2.24, 2.45) is 0 Å². The highest BCUT2D eigenvalue weighted by molar-refractivity contribution is 5.92.